The average Bonchev–Trinajstić information content (AvgIpc) is 2.93. The fourth-order valence-corrected chi connectivity index (χ4v) is 3.61. The molecule has 1 N–H and O–H groups in total. The highest BCUT2D eigenvalue weighted by Crippen LogP contribution is 2.35. The van der Waals surface area contributed by atoms with Gasteiger partial charge in [-0.05, 0) is 31.4 Å². The number of hydrogen-bond acceptors (Lipinski definition) is 5. The average molecular weight is 372 g/mol. The second kappa shape index (κ2) is 8.24. The van der Waals surface area contributed by atoms with Crippen LogP contribution in [0.5, 0.6) is 11.5 Å². The number of nitrogens with zero attached hydrogens (tertiary/aromatic N) is 1. The van der Waals surface area contributed by atoms with Crippen LogP contribution in [-0.4, -0.2) is 43.4 Å². The minimum absolute atomic E-state index is 0.107. The number of imide groups is 1. The van der Waals surface area contributed by atoms with Crippen molar-refractivity contribution in [1.82, 2.24) is 4.90 Å². The summed E-state index contributed by atoms with van der Waals surface area (Å²) in [6.45, 7) is 0.271. The largest absolute Gasteiger partial charge is 0.497 e. The van der Waals surface area contributed by atoms with E-state index >= 15 is 0 Å². The van der Waals surface area contributed by atoms with E-state index in [1.54, 1.807) is 25.3 Å². The van der Waals surface area contributed by atoms with Crippen molar-refractivity contribution in [3.8, 4) is 11.5 Å². The number of likely N-dealkylation sites (tertiary alicyclic amines) is 1. The highest BCUT2D eigenvalue weighted by atomic mass is 16.5. The fraction of sp³-hybridized carbons (Fsp3) is 0.450. The summed E-state index contributed by atoms with van der Waals surface area (Å²) in [6, 6.07) is 5.14. The summed E-state index contributed by atoms with van der Waals surface area (Å²) in [5.41, 5.74) is 0.521. The van der Waals surface area contributed by atoms with Crippen LogP contribution in [0.25, 0.3) is 0 Å². The van der Waals surface area contributed by atoms with Crippen LogP contribution in [0.15, 0.2) is 30.4 Å². The lowest BCUT2D eigenvalue weighted by Gasteiger charge is -2.15. The van der Waals surface area contributed by atoms with Gasteiger partial charge in [-0.1, -0.05) is 12.2 Å². The van der Waals surface area contributed by atoms with Crippen molar-refractivity contribution in [2.45, 2.75) is 25.7 Å². The van der Waals surface area contributed by atoms with Gasteiger partial charge >= 0.3 is 0 Å². The Hall–Kier alpha value is -2.83. The molecular formula is C20H24N2O5. The summed E-state index contributed by atoms with van der Waals surface area (Å²) in [6.07, 6.45) is 5.80. The molecule has 1 aliphatic heterocycles. The molecule has 2 atom stereocenters. The van der Waals surface area contributed by atoms with E-state index in [0.29, 0.717) is 36.4 Å². The van der Waals surface area contributed by atoms with Gasteiger partial charge in [0.2, 0.25) is 17.7 Å². The minimum atomic E-state index is -0.225. The van der Waals surface area contributed by atoms with Crippen LogP contribution >= 0.6 is 0 Å². The Labute approximate surface area is 158 Å². The Kier molecular flexibility index (Phi) is 5.78. The van der Waals surface area contributed by atoms with E-state index in [-0.39, 0.29) is 42.5 Å². The quantitative estimate of drug-likeness (QED) is 0.587. The zero-order valence-electron chi connectivity index (χ0n) is 15.6. The molecule has 1 fully saturated rings. The summed E-state index contributed by atoms with van der Waals surface area (Å²) in [7, 11) is 3.07. The first-order chi connectivity index (χ1) is 13.0. The Morgan fingerprint density at radius 2 is 1.78 bits per heavy atom. The third kappa shape index (κ3) is 3.97. The molecule has 3 rings (SSSR count). The van der Waals surface area contributed by atoms with Gasteiger partial charge in [0, 0.05) is 19.0 Å². The number of anilines is 1. The van der Waals surface area contributed by atoms with Crippen LogP contribution < -0.4 is 14.8 Å². The van der Waals surface area contributed by atoms with Crippen molar-refractivity contribution in [3.63, 3.8) is 0 Å². The number of ether oxygens (including phenoxy) is 2. The summed E-state index contributed by atoms with van der Waals surface area (Å²) in [4.78, 5) is 38.4. The van der Waals surface area contributed by atoms with E-state index in [1.807, 2.05) is 12.2 Å². The molecule has 1 aromatic rings. The maximum Gasteiger partial charge on any atom is 0.233 e. The first-order valence-corrected chi connectivity index (χ1v) is 9.07. The minimum Gasteiger partial charge on any atom is -0.497 e. The van der Waals surface area contributed by atoms with Crippen molar-refractivity contribution in [2.75, 3.05) is 26.1 Å². The highest BCUT2D eigenvalue weighted by Gasteiger charge is 2.46. The lowest BCUT2D eigenvalue weighted by Crippen LogP contribution is -2.32. The topological polar surface area (TPSA) is 84.9 Å². The van der Waals surface area contributed by atoms with Gasteiger partial charge in [-0.3, -0.25) is 19.3 Å². The molecule has 1 saturated heterocycles. The van der Waals surface area contributed by atoms with Gasteiger partial charge in [0.25, 0.3) is 0 Å². The van der Waals surface area contributed by atoms with E-state index in [0.717, 1.165) is 0 Å². The number of carbonyl (C=O) groups is 3. The van der Waals surface area contributed by atoms with E-state index in [9.17, 15) is 14.4 Å². The Balaban J connectivity index is 1.53. The molecule has 3 amide bonds. The van der Waals surface area contributed by atoms with E-state index < -0.39 is 0 Å². The maximum atomic E-state index is 12.4. The summed E-state index contributed by atoms with van der Waals surface area (Å²) >= 11 is 0. The van der Waals surface area contributed by atoms with Gasteiger partial charge in [-0.15, -0.1) is 0 Å². The molecule has 0 unspecified atom stereocenters. The lowest BCUT2D eigenvalue weighted by atomic mass is 9.85. The summed E-state index contributed by atoms with van der Waals surface area (Å²) in [5, 5.41) is 2.79. The zero-order valence-corrected chi connectivity index (χ0v) is 15.6. The number of fused-ring (bicyclic) bond motifs is 1. The molecule has 0 aromatic heterocycles. The molecule has 2 aliphatic rings. The number of hydrogen-bond donors (Lipinski definition) is 1. The molecular weight excluding hydrogens is 348 g/mol. The van der Waals surface area contributed by atoms with E-state index in [2.05, 4.69) is 5.32 Å². The molecule has 0 saturated carbocycles. The SMILES string of the molecule is COc1ccc(OC)c(NC(=O)CCCN2C(=O)[C@@H]3CC=CC[C@H]3C2=O)c1. The summed E-state index contributed by atoms with van der Waals surface area (Å²) in [5.74, 6) is 0.268. The maximum absolute atomic E-state index is 12.4. The predicted octanol–water partition coefficient (Wildman–Crippen LogP) is 2.37. The molecule has 27 heavy (non-hydrogen) atoms. The fourth-order valence-electron chi connectivity index (χ4n) is 3.61. The highest BCUT2D eigenvalue weighted by molar-refractivity contribution is 6.05. The van der Waals surface area contributed by atoms with Crippen molar-refractivity contribution < 1.29 is 23.9 Å². The van der Waals surface area contributed by atoms with E-state index in [1.165, 1.54) is 12.0 Å². The van der Waals surface area contributed by atoms with Gasteiger partial charge in [-0.25, -0.2) is 0 Å². The first kappa shape index (κ1) is 18.9. The second-order valence-corrected chi connectivity index (χ2v) is 6.70. The summed E-state index contributed by atoms with van der Waals surface area (Å²) < 4.78 is 10.4. The number of methoxy groups -OCH3 is 2. The molecule has 0 bridgehead atoms. The van der Waals surface area contributed by atoms with Crippen molar-refractivity contribution in [2.24, 2.45) is 11.8 Å². The van der Waals surface area contributed by atoms with Crippen LogP contribution in [0, 0.1) is 11.8 Å². The predicted molar refractivity (Wildman–Crippen MR) is 99.5 cm³/mol. The van der Waals surface area contributed by atoms with E-state index in [4.69, 9.17) is 9.47 Å². The number of allylic oxidation sites excluding steroid dienone is 2. The molecule has 0 radical (unpaired) electrons. The molecule has 1 heterocycles. The first-order valence-electron chi connectivity index (χ1n) is 9.07. The van der Waals surface area contributed by atoms with Gasteiger partial charge in [0.05, 0.1) is 31.7 Å². The standard InChI is InChI=1S/C20H24N2O5/c1-26-13-9-10-17(27-2)16(12-13)21-18(23)8-5-11-22-19(24)14-6-3-4-7-15(14)20(22)25/h3-4,9-10,12,14-15H,5-8,11H2,1-2H3,(H,21,23)/t14-,15-/m1/s1. The number of rotatable bonds is 7. The smallest absolute Gasteiger partial charge is 0.233 e. The van der Waals surface area contributed by atoms with Gasteiger partial charge in [-0.2, -0.15) is 0 Å². The molecule has 0 spiro atoms. The van der Waals surface area contributed by atoms with Gasteiger partial charge in [0.1, 0.15) is 11.5 Å². The lowest BCUT2D eigenvalue weighted by molar-refractivity contribution is -0.140. The molecule has 1 aromatic carbocycles. The number of benzene rings is 1. The van der Waals surface area contributed by atoms with Gasteiger partial charge < -0.3 is 14.8 Å². The number of nitrogens with one attached hydrogen (secondary N) is 1. The number of amides is 3. The van der Waals surface area contributed by atoms with Crippen molar-refractivity contribution >= 4 is 23.4 Å². The Morgan fingerprint density at radius 1 is 1.11 bits per heavy atom. The van der Waals surface area contributed by atoms with Crippen LogP contribution in [0.1, 0.15) is 25.7 Å². The van der Waals surface area contributed by atoms with Crippen LogP contribution in [-0.2, 0) is 14.4 Å². The van der Waals surface area contributed by atoms with Crippen LogP contribution in [0.2, 0.25) is 0 Å². The number of carbonyl (C=O) groups excluding carboxylic acids is 3. The molecule has 144 valence electrons. The molecule has 7 heteroatoms. The zero-order chi connectivity index (χ0) is 19.4. The van der Waals surface area contributed by atoms with Gasteiger partial charge in [0.15, 0.2) is 0 Å². The van der Waals surface area contributed by atoms with Crippen LogP contribution in [0.4, 0.5) is 5.69 Å². The molecule has 1 aliphatic carbocycles. The molecule has 7 nitrogen and oxygen atoms in total. The third-order valence-electron chi connectivity index (χ3n) is 5.07. The third-order valence-corrected chi connectivity index (χ3v) is 5.07. The Morgan fingerprint density at radius 3 is 2.37 bits per heavy atom. The van der Waals surface area contributed by atoms with Crippen molar-refractivity contribution in [1.29, 1.82) is 0 Å². The monoisotopic (exact) mass is 372 g/mol. The Bertz CT molecular complexity index is 748. The van der Waals surface area contributed by atoms with Crippen molar-refractivity contribution in [3.05, 3.63) is 30.4 Å². The normalized spacial score (nSPS) is 21.2. The van der Waals surface area contributed by atoms with Crippen LogP contribution in [0.3, 0.4) is 0 Å². The second-order valence-electron chi connectivity index (χ2n) is 6.70.